The summed E-state index contributed by atoms with van der Waals surface area (Å²) in [5.74, 6) is -0.959. The van der Waals surface area contributed by atoms with Crippen LogP contribution in [0.3, 0.4) is 0 Å². The lowest BCUT2D eigenvalue weighted by Gasteiger charge is -2.14. The smallest absolute Gasteiger partial charge is 0.401 e. The summed E-state index contributed by atoms with van der Waals surface area (Å²) in [6.45, 7) is -1.55. The second-order valence-electron chi connectivity index (χ2n) is 8.18. The summed E-state index contributed by atoms with van der Waals surface area (Å²) in [6.07, 6.45) is -0.403. The number of rotatable bonds is 10. The summed E-state index contributed by atoms with van der Waals surface area (Å²) in [4.78, 5) is 20.8. The van der Waals surface area contributed by atoms with E-state index in [2.05, 4.69) is 20.0 Å². The molecule has 0 spiro atoms. The van der Waals surface area contributed by atoms with Crippen molar-refractivity contribution in [3.63, 3.8) is 0 Å². The minimum absolute atomic E-state index is 0.0607. The van der Waals surface area contributed by atoms with Gasteiger partial charge in [-0.15, -0.1) is 0 Å². The van der Waals surface area contributed by atoms with Gasteiger partial charge < -0.3 is 14.8 Å². The van der Waals surface area contributed by atoms with Crippen LogP contribution in [0.2, 0.25) is 5.02 Å². The van der Waals surface area contributed by atoms with Gasteiger partial charge in [-0.2, -0.15) is 13.2 Å². The van der Waals surface area contributed by atoms with E-state index in [4.69, 9.17) is 21.1 Å². The quantitative estimate of drug-likeness (QED) is 0.207. The standard InChI is InChI=1S/C24H20ClF4N5O5S/c1-38-22-18(33-40(36,37)20-4-3-16(26)9-17(20)25)8-15(10-32-22)14-2-5-21-31-11-19(23(35)34(21)12-14)39-7-6-30-13-24(27,28)29/h2-5,8-12,30,33H,6-7,13H2,1H3. The molecule has 2 N–H and O–H groups in total. The lowest BCUT2D eigenvalue weighted by atomic mass is 10.1. The number of hydrogen-bond acceptors (Lipinski definition) is 8. The minimum atomic E-state index is -4.37. The van der Waals surface area contributed by atoms with Crippen LogP contribution in [-0.4, -0.2) is 55.8 Å². The number of nitrogens with one attached hydrogen (secondary N) is 2. The first kappa shape index (κ1) is 29.0. The van der Waals surface area contributed by atoms with E-state index in [9.17, 15) is 30.8 Å². The molecular weight excluding hydrogens is 582 g/mol. The van der Waals surface area contributed by atoms with Crippen LogP contribution in [0.25, 0.3) is 16.8 Å². The Morgan fingerprint density at radius 1 is 1.07 bits per heavy atom. The lowest BCUT2D eigenvalue weighted by molar-refractivity contribution is -0.124. The maximum atomic E-state index is 13.4. The monoisotopic (exact) mass is 601 g/mol. The van der Waals surface area contributed by atoms with Crippen LogP contribution in [0.1, 0.15) is 0 Å². The normalized spacial score (nSPS) is 11.9. The van der Waals surface area contributed by atoms with Crippen molar-refractivity contribution in [2.24, 2.45) is 0 Å². The molecule has 0 atom stereocenters. The van der Waals surface area contributed by atoms with Gasteiger partial charge in [0.25, 0.3) is 15.6 Å². The van der Waals surface area contributed by atoms with E-state index in [1.165, 1.54) is 42.2 Å². The first-order valence-corrected chi connectivity index (χ1v) is 13.2. The van der Waals surface area contributed by atoms with E-state index in [0.29, 0.717) is 11.1 Å². The van der Waals surface area contributed by atoms with Crippen molar-refractivity contribution < 1.29 is 35.5 Å². The summed E-state index contributed by atoms with van der Waals surface area (Å²) in [5, 5.41) is 1.83. The Morgan fingerprint density at radius 3 is 2.55 bits per heavy atom. The van der Waals surface area contributed by atoms with Gasteiger partial charge in [0, 0.05) is 30.1 Å². The zero-order valence-electron chi connectivity index (χ0n) is 20.5. The number of ether oxygens (including phenoxy) is 2. The molecular formula is C24H20ClF4N5O5S. The van der Waals surface area contributed by atoms with Crippen molar-refractivity contribution in [1.29, 1.82) is 0 Å². The molecule has 0 radical (unpaired) electrons. The molecule has 212 valence electrons. The fourth-order valence-corrected chi connectivity index (χ4v) is 5.11. The molecule has 0 bridgehead atoms. The number of sulfonamides is 1. The number of halogens is 5. The molecule has 4 rings (SSSR count). The molecule has 40 heavy (non-hydrogen) atoms. The predicted molar refractivity (Wildman–Crippen MR) is 138 cm³/mol. The second kappa shape index (κ2) is 11.7. The van der Waals surface area contributed by atoms with E-state index < -0.39 is 34.1 Å². The third-order valence-corrected chi connectivity index (χ3v) is 7.19. The van der Waals surface area contributed by atoms with Gasteiger partial charge >= 0.3 is 6.18 Å². The van der Waals surface area contributed by atoms with E-state index >= 15 is 0 Å². The molecule has 4 aromatic rings. The van der Waals surface area contributed by atoms with Gasteiger partial charge in [-0.05, 0) is 36.4 Å². The van der Waals surface area contributed by atoms with E-state index in [1.807, 2.05) is 0 Å². The van der Waals surface area contributed by atoms with Crippen molar-refractivity contribution in [3.8, 4) is 22.8 Å². The van der Waals surface area contributed by atoms with Gasteiger partial charge in [0.05, 0.1) is 24.9 Å². The average Bonchev–Trinajstić information content (AvgIpc) is 2.88. The van der Waals surface area contributed by atoms with Crippen molar-refractivity contribution >= 4 is 33.0 Å². The Labute approximate surface area is 229 Å². The molecule has 0 aliphatic rings. The number of pyridine rings is 2. The number of hydrogen-bond donors (Lipinski definition) is 2. The van der Waals surface area contributed by atoms with Crippen molar-refractivity contribution in [2.45, 2.75) is 11.1 Å². The maximum absolute atomic E-state index is 13.4. The van der Waals surface area contributed by atoms with Gasteiger partial charge in [0.15, 0.2) is 0 Å². The zero-order chi connectivity index (χ0) is 29.1. The van der Waals surface area contributed by atoms with E-state index in [0.717, 1.165) is 18.2 Å². The average molecular weight is 602 g/mol. The highest BCUT2D eigenvalue weighted by molar-refractivity contribution is 7.92. The second-order valence-corrected chi connectivity index (χ2v) is 10.2. The molecule has 3 heterocycles. The summed E-state index contributed by atoms with van der Waals surface area (Å²) in [5.41, 5.74) is 0.381. The number of alkyl halides is 3. The number of aromatic nitrogens is 3. The van der Waals surface area contributed by atoms with Crippen LogP contribution in [0.5, 0.6) is 11.6 Å². The number of fused-ring (bicyclic) bond motifs is 1. The Hall–Kier alpha value is -3.95. The highest BCUT2D eigenvalue weighted by Gasteiger charge is 2.26. The predicted octanol–water partition coefficient (Wildman–Crippen LogP) is 3.89. The molecule has 0 amide bonds. The number of benzene rings is 1. The SMILES string of the molecule is COc1ncc(-c2ccc3ncc(OCCNCC(F)(F)F)c(=O)n3c2)cc1NS(=O)(=O)c1ccc(F)cc1Cl. The Bertz CT molecular complexity index is 1720. The minimum Gasteiger partial charge on any atom is -0.485 e. The summed E-state index contributed by atoms with van der Waals surface area (Å²) in [7, 11) is -2.99. The number of nitrogens with zero attached hydrogens (tertiary/aromatic N) is 3. The molecule has 0 saturated carbocycles. The van der Waals surface area contributed by atoms with Gasteiger partial charge in [-0.3, -0.25) is 13.9 Å². The Balaban J connectivity index is 1.61. The maximum Gasteiger partial charge on any atom is 0.401 e. The van der Waals surface area contributed by atoms with Crippen LogP contribution in [0.15, 0.2) is 64.7 Å². The molecule has 16 heteroatoms. The molecule has 0 fully saturated rings. The van der Waals surface area contributed by atoms with Crippen molar-refractivity contribution in [2.75, 3.05) is 31.5 Å². The number of methoxy groups -OCH3 is 1. The third kappa shape index (κ3) is 6.78. The number of anilines is 1. The van der Waals surface area contributed by atoms with Gasteiger partial charge in [0.1, 0.15) is 28.7 Å². The molecule has 0 aliphatic heterocycles. The molecule has 0 aliphatic carbocycles. The molecule has 0 unspecified atom stereocenters. The van der Waals surface area contributed by atoms with Crippen LogP contribution in [-0.2, 0) is 10.0 Å². The highest BCUT2D eigenvalue weighted by Crippen LogP contribution is 2.31. The summed E-state index contributed by atoms with van der Waals surface area (Å²) in [6, 6.07) is 7.37. The topological polar surface area (TPSA) is 124 Å². The molecule has 0 saturated heterocycles. The van der Waals surface area contributed by atoms with Gasteiger partial charge in [-0.25, -0.2) is 22.8 Å². The van der Waals surface area contributed by atoms with Crippen LogP contribution < -0.4 is 25.1 Å². The third-order valence-electron chi connectivity index (χ3n) is 5.34. The van der Waals surface area contributed by atoms with Crippen LogP contribution >= 0.6 is 11.6 Å². The highest BCUT2D eigenvalue weighted by atomic mass is 35.5. The van der Waals surface area contributed by atoms with Crippen molar-refractivity contribution in [3.05, 3.63) is 76.2 Å². The van der Waals surface area contributed by atoms with Crippen LogP contribution in [0.4, 0.5) is 23.2 Å². The summed E-state index contributed by atoms with van der Waals surface area (Å²) >= 11 is 5.93. The van der Waals surface area contributed by atoms with Gasteiger partial charge in [-0.1, -0.05) is 11.6 Å². The van der Waals surface area contributed by atoms with E-state index in [-0.39, 0.29) is 46.0 Å². The summed E-state index contributed by atoms with van der Waals surface area (Å²) < 4.78 is 90.0. The van der Waals surface area contributed by atoms with Crippen molar-refractivity contribution in [1.82, 2.24) is 19.7 Å². The zero-order valence-corrected chi connectivity index (χ0v) is 22.1. The first-order chi connectivity index (χ1) is 18.9. The first-order valence-electron chi connectivity index (χ1n) is 11.3. The fraction of sp³-hybridized carbons (Fsp3) is 0.208. The molecule has 3 aromatic heterocycles. The molecule has 10 nitrogen and oxygen atoms in total. The molecule has 1 aromatic carbocycles. The fourth-order valence-electron chi connectivity index (χ4n) is 3.53. The van der Waals surface area contributed by atoms with Gasteiger partial charge in [0.2, 0.25) is 11.6 Å². The van der Waals surface area contributed by atoms with E-state index in [1.54, 1.807) is 6.07 Å². The largest absolute Gasteiger partial charge is 0.485 e. The lowest BCUT2D eigenvalue weighted by Crippen LogP contribution is -2.32. The van der Waals surface area contributed by atoms with Crippen LogP contribution in [0, 0.1) is 5.82 Å². The Morgan fingerprint density at radius 2 is 1.85 bits per heavy atom. The Kier molecular flexibility index (Phi) is 8.46.